The third-order valence-corrected chi connectivity index (χ3v) is 2.68. The minimum Gasteiger partial charge on any atom is -0.396 e. The zero-order chi connectivity index (χ0) is 12.6. The van der Waals surface area contributed by atoms with Crippen LogP contribution in [0.3, 0.4) is 0 Å². The first-order valence-electron chi connectivity index (χ1n) is 6.72. The normalized spacial score (nSPS) is 14.4. The molecule has 1 atom stereocenters. The van der Waals surface area contributed by atoms with Crippen LogP contribution in [-0.4, -0.2) is 36.2 Å². The molecule has 0 bridgehead atoms. The van der Waals surface area contributed by atoms with Crippen molar-refractivity contribution in [2.75, 3.05) is 26.2 Å². The van der Waals surface area contributed by atoms with Crippen molar-refractivity contribution >= 4 is 0 Å². The van der Waals surface area contributed by atoms with Gasteiger partial charge < -0.3 is 10.0 Å². The highest BCUT2D eigenvalue weighted by Crippen LogP contribution is 2.17. The second-order valence-corrected chi connectivity index (χ2v) is 6.27. The van der Waals surface area contributed by atoms with Gasteiger partial charge in [0.05, 0.1) is 0 Å². The van der Waals surface area contributed by atoms with Crippen LogP contribution in [0.1, 0.15) is 53.9 Å². The summed E-state index contributed by atoms with van der Waals surface area (Å²) in [5.74, 6) is 0.769. The maximum atomic E-state index is 8.92. The van der Waals surface area contributed by atoms with Crippen molar-refractivity contribution in [2.24, 2.45) is 11.3 Å². The van der Waals surface area contributed by atoms with Crippen LogP contribution in [0.2, 0.25) is 0 Å². The van der Waals surface area contributed by atoms with E-state index in [1.165, 1.54) is 19.4 Å². The van der Waals surface area contributed by atoms with Gasteiger partial charge in [0.2, 0.25) is 0 Å². The van der Waals surface area contributed by atoms with E-state index in [9.17, 15) is 0 Å². The molecule has 0 heterocycles. The fourth-order valence-corrected chi connectivity index (χ4v) is 2.22. The van der Waals surface area contributed by atoms with Crippen molar-refractivity contribution in [1.82, 2.24) is 4.90 Å². The topological polar surface area (TPSA) is 23.5 Å². The Morgan fingerprint density at radius 3 is 2.31 bits per heavy atom. The van der Waals surface area contributed by atoms with Crippen LogP contribution in [0.4, 0.5) is 0 Å². The Labute approximate surface area is 102 Å². The highest BCUT2D eigenvalue weighted by molar-refractivity contribution is 4.71. The summed E-state index contributed by atoms with van der Waals surface area (Å²) in [4.78, 5) is 2.51. The molecule has 0 aliphatic heterocycles. The second-order valence-electron chi connectivity index (χ2n) is 6.27. The first-order chi connectivity index (χ1) is 7.39. The Balaban J connectivity index is 4.09. The molecule has 16 heavy (non-hydrogen) atoms. The molecular weight excluding hydrogens is 198 g/mol. The molecule has 1 unspecified atom stereocenters. The van der Waals surface area contributed by atoms with E-state index in [1.807, 2.05) is 0 Å². The smallest absolute Gasteiger partial charge is 0.0443 e. The number of rotatable bonds is 8. The van der Waals surface area contributed by atoms with Crippen molar-refractivity contribution < 1.29 is 5.11 Å². The number of nitrogens with zero attached hydrogens (tertiary/aromatic N) is 1. The molecule has 0 aromatic carbocycles. The summed E-state index contributed by atoms with van der Waals surface area (Å²) < 4.78 is 0. The van der Waals surface area contributed by atoms with E-state index >= 15 is 0 Å². The molecule has 0 fully saturated rings. The minimum atomic E-state index is 0.308. The predicted octanol–water partition coefficient (Wildman–Crippen LogP) is 3.15. The Bertz CT molecular complexity index is 163. The Kier molecular flexibility index (Phi) is 8.04. The molecule has 0 radical (unpaired) electrons. The largest absolute Gasteiger partial charge is 0.396 e. The lowest BCUT2D eigenvalue weighted by molar-refractivity contribution is 0.152. The van der Waals surface area contributed by atoms with Gasteiger partial charge in [0, 0.05) is 26.2 Å². The molecule has 2 nitrogen and oxygen atoms in total. The van der Waals surface area contributed by atoms with E-state index in [1.54, 1.807) is 0 Å². The SMILES string of the molecule is CCCC(C)CN(CCCO)CC(C)(C)C. The lowest BCUT2D eigenvalue weighted by Crippen LogP contribution is -2.36. The molecule has 98 valence electrons. The monoisotopic (exact) mass is 229 g/mol. The van der Waals surface area contributed by atoms with Gasteiger partial charge in [-0.15, -0.1) is 0 Å². The van der Waals surface area contributed by atoms with Crippen LogP contribution in [0.5, 0.6) is 0 Å². The van der Waals surface area contributed by atoms with Crippen LogP contribution < -0.4 is 0 Å². The summed E-state index contributed by atoms with van der Waals surface area (Å²) in [7, 11) is 0. The standard InChI is InChI=1S/C14H31NO/c1-6-8-13(2)11-15(9-7-10-16)12-14(3,4)5/h13,16H,6-12H2,1-5H3. The van der Waals surface area contributed by atoms with Crippen molar-refractivity contribution in [3.05, 3.63) is 0 Å². The van der Waals surface area contributed by atoms with Gasteiger partial charge >= 0.3 is 0 Å². The van der Waals surface area contributed by atoms with E-state index < -0.39 is 0 Å². The van der Waals surface area contributed by atoms with Crippen molar-refractivity contribution in [1.29, 1.82) is 0 Å². The Morgan fingerprint density at radius 2 is 1.88 bits per heavy atom. The summed E-state index contributed by atoms with van der Waals surface area (Å²) in [5, 5.41) is 8.92. The first kappa shape index (κ1) is 15.9. The van der Waals surface area contributed by atoms with Gasteiger partial charge in [-0.05, 0) is 24.2 Å². The Morgan fingerprint density at radius 1 is 1.25 bits per heavy atom. The summed E-state index contributed by atoms with van der Waals surface area (Å²) in [5.41, 5.74) is 0.349. The van der Waals surface area contributed by atoms with Crippen molar-refractivity contribution in [3.8, 4) is 0 Å². The van der Waals surface area contributed by atoms with E-state index in [0.29, 0.717) is 12.0 Å². The van der Waals surface area contributed by atoms with Crippen molar-refractivity contribution in [3.63, 3.8) is 0 Å². The van der Waals surface area contributed by atoms with Crippen molar-refractivity contribution in [2.45, 2.75) is 53.9 Å². The molecule has 0 amide bonds. The van der Waals surface area contributed by atoms with E-state index in [0.717, 1.165) is 25.4 Å². The maximum absolute atomic E-state index is 8.92. The van der Waals surface area contributed by atoms with Crippen LogP contribution >= 0.6 is 0 Å². The van der Waals surface area contributed by atoms with Crippen LogP contribution in [0.15, 0.2) is 0 Å². The molecule has 0 rings (SSSR count). The number of hydrogen-bond acceptors (Lipinski definition) is 2. The van der Waals surface area contributed by atoms with Gasteiger partial charge in [0.1, 0.15) is 0 Å². The molecule has 0 saturated heterocycles. The van der Waals surface area contributed by atoms with E-state index in [4.69, 9.17) is 5.11 Å². The fourth-order valence-electron chi connectivity index (χ4n) is 2.22. The molecule has 0 aromatic rings. The first-order valence-corrected chi connectivity index (χ1v) is 6.72. The second kappa shape index (κ2) is 8.08. The average molecular weight is 229 g/mol. The molecule has 0 aliphatic carbocycles. The van der Waals surface area contributed by atoms with Gasteiger partial charge in [-0.1, -0.05) is 41.0 Å². The summed E-state index contributed by atoms with van der Waals surface area (Å²) in [6.45, 7) is 15.1. The Hall–Kier alpha value is -0.0800. The lowest BCUT2D eigenvalue weighted by Gasteiger charge is -2.31. The average Bonchev–Trinajstić information content (AvgIpc) is 2.12. The fraction of sp³-hybridized carbons (Fsp3) is 1.00. The summed E-state index contributed by atoms with van der Waals surface area (Å²) >= 11 is 0. The number of hydrogen-bond donors (Lipinski definition) is 1. The maximum Gasteiger partial charge on any atom is 0.0443 e. The van der Waals surface area contributed by atoms with Gasteiger partial charge in [0.15, 0.2) is 0 Å². The van der Waals surface area contributed by atoms with Crippen LogP contribution in [0, 0.1) is 11.3 Å². The quantitative estimate of drug-likeness (QED) is 0.691. The molecule has 2 heteroatoms. The highest BCUT2D eigenvalue weighted by atomic mass is 16.3. The van der Waals surface area contributed by atoms with Gasteiger partial charge in [-0.2, -0.15) is 0 Å². The zero-order valence-corrected chi connectivity index (χ0v) is 11.9. The van der Waals surface area contributed by atoms with Gasteiger partial charge in [-0.25, -0.2) is 0 Å². The van der Waals surface area contributed by atoms with Gasteiger partial charge in [0.25, 0.3) is 0 Å². The molecule has 0 spiro atoms. The summed E-state index contributed by atoms with van der Waals surface area (Å²) in [6, 6.07) is 0. The molecule has 0 saturated carbocycles. The van der Waals surface area contributed by atoms with E-state index in [2.05, 4.69) is 39.5 Å². The lowest BCUT2D eigenvalue weighted by atomic mass is 9.95. The predicted molar refractivity (Wildman–Crippen MR) is 71.7 cm³/mol. The van der Waals surface area contributed by atoms with Gasteiger partial charge in [-0.3, -0.25) is 0 Å². The van der Waals surface area contributed by atoms with E-state index in [-0.39, 0.29) is 0 Å². The minimum absolute atomic E-state index is 0.308. The molecular formula is C14H31NO. The molecule has 0 aromatic heterocycles. The highest BCUT2D eigenvalue weighted by Gasteiger charge is 2.17. The van der Waals surface area contributed by atoms with Crippen LogP contribution in [0.25, 0.3) is 0 Å². The number of aliphatic hydroxyl groups is 1. The molecule has 0 aliphatic rings. The van der Waals surface area contributed by atoms with Crippen LogP contribution in [-0.2, 0) is 0 Å². The number of aliphatic hydroxyl groups excluding tert-OH is 1. The zero-order valence-electron chi connectivity index (χ0n) is 11.9. The third kappa shape index (κ3) is 9.17. The third-order valence-electron chi connectivity index (χ3n) is 2.68. The summed E-state index contributed by atoms with van der Waals surface area (Å²) in [6.07, 6.45) is 3.47. The molecule has 1 N–H and O–H groups in total.